The van der Waals surface area contributed by atoms with E-state index in [9.17, 15) is 38.9 Å². The Hall–Kier alpha value is -4.65. The summed E-state index contributed by atoms with van der Waals surface area (Å²) in [6.45, 7) is 0. The summed E-state index contributed by atoms with van der Waals surface area (Å²) in [5, 5.41) is 9.95. The Kier molecular flexibility index (Phi) is 7.55. The van der Waals surface area contributed by atoms with E-state index in [1.807, 2.05) is 0 Å². The third-order valence-corrected chi connectivity index (χ3v) is 8.85. The van der Waals surface area contributed by atoms with Crippen LogP contribution >= 0.6 is 0 Å². The number of fused-ring (bicyclic) bond motifs is 2. The quantitative estimate of drug-likeness (QED) is 0.0556. The second kappa shape index (κ2) is 10.9. The lowest BCUT2D eigenvalue weighted by Gasteiger charge is -2.14. The fourth-order valence-electron chi connectivity index (χ4n) is 4.23. The molecule has 222 valence electrons. The zero-order valence-electron chi connectivity index (χ0n) is 21.6. The third-order valence-electron chi connectivity index (χ3n) is 6.30. The highest BCUT2D eigenvalue weighted by atomic mass is 32.2. The first-order chi connectivity index (χ1) is 20.1. The minimum absolute atomic E-state index is 0.193. The van der Waals surface area contributed by atoms with Crippen molar-refractivity contribution in [3.8, 4) is 0 Å². The number of anilines is 3. The molecule has 0 aliphatic carbocycles. The van der Waals surface area contributed by atoms with Crippen LogP contribution in [0.1, 0.15) is 0 Å². The predicted octanol–water partition coefficient (Wildman–Crippen LogP) is 5.17. The molecule has 0 fully saturated rings. The topological polar surface area (TPSA) is 238 Å². The normalized spacial score (nSPS) is 12.6. The first-order valence-corrected chi connectivity index (χ1v) is 16.3. The molecule has 5 aromatic rings. The van der Waals surface area contributed by atoms with Crippen LogP contribution in [0.15, 0.2) is 110 Å². The fourth-order valence-corrected chi connectivity index (χ4v) is 5.77. The zero-order chi connectivity index (χ0) is 31.2. The monoisotopic (exact) mass is 643 g/mol. The molecule has 0 aliphatic heterocycles. The summed E-state index contributed by atoms with van der Waals surface area (Å²) < 4.78 is 98.2. The Labute approximate surface area is 245 Å². The SMILES string of the molecule is Nc1ccc(N=Nc2ccc(NNc3cccc(S(=O)(=O)O)c3)c3ccc(S(=O)(=O)O)cc23)c2ccc(S(=O)(=O)O)cc12. The Morgan fingerprint density at radius 2 is 1.07 bits per heavy atom. The van der Waals surface area contributed by atoms with Crippen LogP contribution in [0.25, 0.3) is 21.5 Å². The van der Waals surface area contributed by atoms with Gasteiger partial charge in [0.2, 0.25) is 0 Å². The van der Waals surface area contributed by atoms with Crippen molar-refractivity contribution in [2.45, 2.75) is 14.7 Å². The maximum Gasteiger partial charge on any atom is 0.294 e. The van der Waals surface area contributed by atoms with Crippen LogP contribution in [-0.2, 0) is 30.4 Å². The molecule has 17 heteroatoms. The minimum Gasteiger partial charge on any atom is -0.398 e. The van der Waals surface area contributed by atoms with Crippen LogP contribution in [0.3, 0.4) is 0 Å². The van der Waals surface area contributed by atoms with Crippen molar-refractivity contribution in [3.05, 3.63) is 84.9 Å². The largest absolute Gasteiger partial charge is 0.398 e. The first kappa shape index (κ1) is 29.8. The summed E-state index contributed by atoms with van der Waals surface area (Å²) in [7, 11) is -13.5. The first-order valence-electron chi connectivity index (χ1n) is 12.0. The molecule has 0 radical (unpaired) electrons. The number of hydrazine groups is 1. The van der Waals surface area contributed by atoms with Gasteiger partial charge in [0.15, 0.2) is 0 Å². The lowest BCUT2D eigenvalue weighted by atomic mass is 10.1. The van der Waals surface area contributed by atoms with Gasteiger partial charge in [0, 0.05) is 27.2 Å². The second-order valence-corrected chi connectivity index (χ2v) is 13.4. The Morgan fingerprint density at radius 3 is 1.70 bits per heavy atom. The van der Waals surface area contributed by atoms with E-state index in [2.05, 4.69) is 21.1 Å². The van der Waals surface area contributed by atoms with Crippen molar-refractivity contribution >= 4 is 80.3 Å². The fraction of sp³-hybridized carbons (Fsp3) is 0. The molecular weight excluding hydrogens is 623 g/mol. The van der Waals surface area contributed by atoms with E-state index < -0.39 is 35.2 Å². The van der Waals surface area contributed by atoms with Gasteiger partial charge in [-0.1, -0.05) is 18.2 Å². The van der Waals surface area contributed by atoms with Crippen molar-refractivity contribution in [2.75, 3.05) is 16.6 Å². The number of nitrogens with two attached hydrogens (primary N) is 1. The number of nitrogens with zero attached hydrogens (tertiary/aromatic N) is 2. The van der Waals surface area contributed by atoms with Crippen molar-refractivity contribution in [1.82, 2.24) is 0 Å². The van der Waals surface area contributed by atoms with Crippen LogP contribution in [-0.4, -0.2) is 38.9 Å². The van der Waals surface area contributed by atoms with Crippen LogP contribution in [0.5, 0.6) is 0 Å². The number of nitrogens with one attached hydrogen (secondary N) is 2. The van der Waals surface area contributed by atoms with Crippen LogP contribution in [0, 0.1) is 0 Å². The molecule has 43 heavy (non-hydrogen) atoms. The van der Waals surface area contributed by atoms with Crippen LogP contribution in [0.4, 0.5) is 28.4 Å². The summed E-state index contributed by atoms with van der Waals surface area (Å²) in [6, 6.07) is 19.1. The van der Waals surface area contributed by atoms with Gasteiger partial charge < -0.3 is 16.6 Å². The molecule has 0 saturated carbocycles. The molecule has 0 atom stereocenters. The van der Waals surface area contributed by atoms with E-state index in [1.54, 1.807) is 18.2 Å². The average molecular weight is 644 g/mol. The van der Waals surface area contributed by atoms with Gasteiger partial charge in [0.25, 0.3) is 30.4 Å². The second-order valence-electron chi connectivity index (χ2n) is 9.12. The average Bonchev–Trinajstić information content (AvgIpc) is 2.94. The summed E-state index contributed by atoms with van der Waals surface area (Å²) in [4.78, 5) is -1.09. The Morgan fingerprint density at radius 1 is 0.535 bits per heavy atom. The van der Waals surface area contributed by atoms with Gasteiger partial charge in [0.05, 0.1) is 37.4 Å². The van der Waals surface area contributed by atoms with Gasteiger partial charge in [-0.15, -0.1) is 10.2 Å². The summed E-state index contributed by atoms with van der Waals surface area (Å²) in [6.07, 6.45) is 0. The number of hydrogen-bond donors (Lipinski definition) is 6. The Balaban J connectivity index is 1.57. The smallest absolute Gasteiger partial charge is 0.294 e. The number of hydrogen-bond acceptors (Lipinski definition) is 11. The van der Waals surface area contributed by atoms with Gasteiger partial charge in [-0.2, -0.15) is 25.3 Å². The predicted molar refractivity (Wildman–Crippen MR) is 160 cm³/mol. The van der Waals surface area contributed by atoms with Crippen molar-refractivity contribution in [3.63, 3.8) is 0 Å². The minimum atomic E-state index is -4.59. The molecule has 7 N–H and O–H groups in total. The molecule has 5 rings (SSSR count). The lowest BCUT2D eigenvalue weighted by Crippen LogP contribution is -2.10. The number of rotatable bonds is 8. The number of benzene rings is 5. The van der Waals surface area contributed by atoms with Gasteiger partial charge in [-0.05, 0) is 66.7 Å². The standard InChI is InChI=1S/C26H21N5O9S3/c27-23-8-9-24(19-6-4-17(13-21(19)23)42(35,36)37)30-31-26-11-10-25(20-7-5-18(14-22(20)26)43(38,39)40)29-28-15-2-1-3-16(12-15)41(32,33)34/h1-14,28-29H,27H2,(H,32,33,34)(H,35,36,37)(H,38,39,40). The molecule has 0 spiro atoms. The molecular formula is C26H21N5O9S3. The highest BCUT2D eigenvalue weighted by molar-refractivity contribution is 7.86. The van der Waals surface area contributed by atoms with Crippen molar-refractivity contribution < 1.29 is 38.9 Å². The van der Waals surface area contributed by atoms with E-state index in [0.29, 0.717) is 21.8 Å². The molecule has 0 aromatic heterocycles. The molecule has 0 amide bonds. The number of azo groups is 1. The van der Waals surface area contributed by atoms with E-state index in [0.717, 1.165) is 0 Å². The van der Waals surface area contributed by atoms with Gasteiger partial charge in [-0.3, -0.25) is 13.7 Å². The maximum atomic E-state index is 11.9. The van der Waals surface area contributed by atoms with E-state index >= 15 is 0 Å². The lowest BCUT2D eigenvalue weighted by molar-refractivity contribution is 0.481. The molecule has 14 nitrogen and oxygen atoms in total. The summed E-state index contributed by atoms with van der Waals surface area (Å²) in [5.74, 6) is 0. The van der Waals surface area contributed by atoms with E-state index in [-0.39, 0.29) is 37.9 Å². The number of nitrogen functional groups attached to an aromatic ring is 1. The molecule has 5 aromatic carbocycles. The van der Waals surface area contributed by atoms with Crippen molar-refractivity contribution in [1.29, 1.82) is 0 Å². The molecule has 0 saturated heterocycles. The van der Waals surface area contributed by atoms with Crippen LogP contribution < -0.4 is 16.6 Å². The van der Waals surface area contributed by atoms with Crippen LogP contribution in [0.2, 0.25) is 0 Å². The van der Waals surface area contributed by atoms with Gasteiger partial charge in [-0.25, -0.2) is 0 Å². The van der Waals surface area contributed by atoms with Gasteiger partial charge in [0.1, 0.15) is 0 Å². The van der Waals surface area contributed by atoms with Gasteiger partial charge >= 0.3 is 0 Å². The molecule has 0 aliphatic rings. The van der Waals surface area contributed by atoms with E-state index in [1.165, 1.54) is 66.7 Å². The molecule has 0 heterocycles. The maximum absolute atomic E-state index is 11.9. The summed E-state index contributed by atoms with van der Waals surface area (Å²) >= 11 is 0. The Bertz CT molecular complexity index is 2290. The molecule has 0 unspecified atom stereocenters. The highest BCUT2D eigenvalue weighted by Gasteiger charge is 2.16. The van der Waals surface area contributed by atoms with Crippen molar-refractivity contribution in [2.24, 2.45) is 10.2 Å². The third kappa shape index (κ3) is 6.41. The zero-order valence-corrected chi connectivity index (χ0v) is 24.0. The summed E-state index contributed by atoms with van der Waals surface area (Å²) in [5.41, 5.74) is 13.1. The van der Waals surface area contributed by atoms with E-state index in [4.69, 9.17) is 5.73 Å². The highest BCUT2D eigenvalue weighted by Crippen LogP contribution is 2.37. The molecule has 0 bridgehead atoms.